The number of aromatic nitrogens is 1. The Balaban J connectivity index is 0.000000283. The number of nitrogens with zero attached hydrogens (tertiary/aromatic N) is 1. The lowest BCUT2D eigenvalue weighted by Crippen LogP contribution is -2.10. The van der Waals surface area contributed by atoms with Gasteiger partial charge in [0.25, 0.3) is 0 Å². The number of benzene rings is 2. The van der Waals surface area contributed by atoms with Crippen molar-refractivity contribution in [3.63, 3.8) is 0 Å². The van der Waals surface area contributed by atoms with Crippen molar-refractivity contribution in [2.75, 3.05) is 6.61 Å². The minimum atomic E-state index is -4.35. The summed E-state index contributed by atoms with van der Waals surface area (Å²) in [5, 5.41) is 0.588. The molecule has 0 aliphatic heterocycles. The summed E-state index contributed by atoms with van der Waals surface area (Å²) in [6.07, 6.45) is -8.60. The van der Waals surface area contributed by atoms with Crippen LogP contribution in [0.1, 0.15) is 34.2 Å². The van der Waals surface area contributed by atoms with E-state index in [0.717, 1.165) is 29.1 Å². The number of rotatable bonds is 5. The molecule has 0 spiro atoms. The van der Waals surface area contributed by atoms with Crippen molar-refractivity contribution >= 4 is 34.5 Å². The minimum absolute atomic E-state index is 0.0663. The summed E-state index contributed by atoms with van der Waals surface area (Å²) in [4.78, 5) is 16.8. The SMILES string of the molecule is CCOC(=O)Cc1nc(-c2ccc(C(F)(F)F)cc2)sc1C.NC(=S)c1ccc(C(F)(F)F)cc1. The number of thiocarbonyl (C=S) groups is 1. The Morgan fingerprint density at radius 1 is 0.971 bits per heavy atom. The number of ether oxygens (including phenoxy) is 1. The van der Waals surface area contributed by atoms with Crippen LogP contribution in [0.25, 0.3) is 10.6 Å². The molecule has 2 N–H and O–H groups in total. The molecule has 188 valence electrons. The van der Waals surface area contributed by atoms with Crippen LogP contribution in [-0.2, 0) is 28.3 Å². The monoisotopic (exact) mass is 534 g/mol. The molecule has 0 fully saturated rings. The van der Waals surface area contributed by atoms with Crippen LogP contribution in [0.4, 0.5) is 26.3 Å². The summed E-state index contributed by atoms with van der Waals surface area (Å²) in [6.45, 7) is 3.84. The van der Waals surface area contributed by atoms with Crippen LogP contribution < -0.4 is 5.73 Å². The lowest BCUT2D eigenvalue weighted by Gasteiger charge is -2.06. The van der Waals surface area contributed by atoms with Crippen molar-refractivity contribution in [1.29, 1.82) is 0 Å². The van der Waals surface area contributed by atoms with E-state index in [9.17, 15) is 31.1 Å². The number of thiazole rings is 1. The Kier molecular flexibility index (Phi) is 9.38. The number of hydrogen-bond acceptors (Lipinski definition) is 5. The summed E-state index contributed by atoms with van der Waals surface area (Å²) < 4.78 is 78.7. The molecule has 4 nitrogen and oxygen atoms in total. The topological polar surface area (TPSA) is 65.2 Å². The summed E-state index contributed by atoms with van der Waals surface area (Å²) in [5.41, 5.74) is 5.45. The maximum Gasteiger partial charge on any atom is 0.416 e. The number of halogens is 6. The molecule has 35 heavy (non-hydrogen) atoms. The second-order valence-corrected chi connectivity index (χ2v) is 8.66. The average molecular weight is 535 g/mol. The van der Waals surface area contributed by atoms with Crippen LogP contribution in [0.2, 0.25) is 0 Å². The van der Waals surface area contributed by atoms with Gasteiger partial charge in [-0.1, -0.05) is 36.5 Å². The highest BCUT2D eigenvalue weighted by Gasteiger charge is 2.30. The Morgan fingerprint density at radius 3 is 1.89 bits per heavy atom. The van der Waals surface area contributed by atoms with Crippen LogP contribution in [0.5, 0.6) is 0 Å². The van der Waals surface area contributed by atoms with Crippen LogP contribution >= 0.6 is 23.6 Å². The summed E-state index contributed by atoms with van der Waals surface area (Å²) >= 11 is 5.94. The van der Waals surface area contributed by atoms with E-state index in [1.165, 1.54) is 35.6 Å². The third-order valence-electron chi connectivity index (χ3n) is 4.47. The molecule has 2 aromatic carbocycles. The number of carbonyl (C=O) groups excluding carboxylic acids is 1. The normalized spacial score (nSPS) is 11.4. The molecule has 3 rings (SSSR count). The van der Waals surface area contributed by atoms with Gasteiger partial charge < -0.3 is 10.5 Å². The molecule has 0 unspecified atom stereocenters. The van der Waals surface area contributed by atoms with Gasteiger partial charge in [0.15, 0.2) is 0 Å². The third-order valence-corrected chi connectivity index (χ3v) is 5.76. The van der Waals surface area contributed by atoms with Gasteiger partial charge in [0.05, 0.1) is 29.8 Å². The highest BCUT2D eigenvalue weighted by molar-refractivity contribution is 7.80. The van der Waals surface area contributed by atoms with Crippen molar-refractivity contribution in [1.82, 2.24) is 4.98 Å². The van der Waals surface area contributed by atoms with Gasteiger partial charge in [-0.15, -0.1) is 11.3 Å². The van der Waals surface area contributed by atoms with E-state index in [1.54, 1.807) is 6.92 Å². The lowest BCUT2D eigenvalue weighted by atomic mass is 10.1. The second kappa shape index (κ2) is 11.6. The standard InChI is InChI=1S/C15H14F3NO2S.C8H6F3NS/c1-3-21-13(20)8-12-9(2)22-14(19-12)10-4-6-11(7-5-10)15(16,17)18;9-8(10,11)6-3-1-5(2-4-6)7(12)13/h4-7H,3,8H2,1-2H3;1-4H,(H2,12,13). The summed E-state index contributed by atoms with van der Waals surface area (Å²) in [6, 6.07) is 9.23. The summed E-state index contributed by atoms with van der Waals surface area (Å²) in [7, 11) is 0. The summed E-state index contributed by atoms with van der Waals surface area (Å²) in [5.74, 6) is -0.366. The molecule has 0 amide bonds. The van der Waals surface area contributed by atoms with Gasteiger partial charge in [-0.25, -0.2) is 4.98 Å². The Morgan fingerprint density at radius 2 is 1.46 bits per heavy atom. The fraction of sp³-hybridized carbons (Fsp3) is 0.261. The van der Waals surface area contributed by atoms with Gasteiger partial charge in [-0.3, -0.25) is 4.79 Å². The number of carbonyl (C=O) groups is 1. The first kappa shape index (κ1) is 28.2. The van der Waals surface area contributed by atoms with Gasteiger partial charge in [-0.05, 0) is 38.1 Å². The second-order valence-electron chi connectivity index (χ2n) is 7.02. The van der Waals surface area contributed by atoms with Crippen LogP contribution in [-0.4, -0.2) is 22.5 Å². The van der Waals surface area contributed by atoms with Gasteiger partial charge >= 0.3 is 18.3 Å². The molecule has 0 aliphatic carbocycles. The van der Waals surface area contributed by atoms with E-state index in [4.69, 9.17) is 10.5 Å². The quantitative estimate of drug-likeness (QED) is 0.228. The Hall–Kier alpha value is -2.99. The Labute approximate surface area is 206 Å². The van der Waals surface area contributed by atoms with Crippen molar-refractivity contribution in [2.45, 2.75) is 32.6 Å². The average Bonchev–Trinajstić information content (AvgIpc) is 3.13. The van der Waals surface area contributed by atoms with Crippen molar-refractivity contribution in [3.05, 3.63) is 75.8 Å². The zero-order valence-corrected chi connectivity index (χ0v) is 20.1. The molecule has 1 heterocycles. The molecule has 1 aromatic heterocycles. The molecule has 3 aromatic rings. The molecule has 0 bridgehead atoms. The smallest absolute Gasteiger partial charge is 0.416 e. The Bertz CT molecular complexity index is 1150. The van der Waals surface area contributed by atoms with E-state index >= 15 is 0 Å². The van der Waals surface area contributed by atoms with Gasteiger partial charge in [-0.2, -0.15) is 26.3 Å². The number of hydrogen-bond donors (Lipinski definition) is 1. The first-order valence-corrected chi connectivity index (χ1v) is 11.2. The molecule has 0 saturated carbocycles. The van der Waals surface area contributed by atoms with E-state index in [-0.39, 0.29) is 17.4 Å². The van der Waals surface area contributed by atoms with E-state index in [0.29, 0.717) is 28.4 Å². The van der Waals surface area contributed by atoms with Gasteiger partial charge in [0, 0.05) is 16.0 Å². The third kappa shape index (κ3) is 8.32. The number of nitrogens with two attached hydrogens (primary N) is 1. The molecule has 0 atom stereocenters. The number of esters is 1. The molecular weight excluding hydrogens is 514 g/mol. The van der Waals surface area contributed by atoms with E-state index in [1.807, 2.05) is 6.92 Å². The van der Waals surface area contributed by atoms with Crippen molar-refractivity contribution < 1.29 is 35.9 Å². The predicted octanol–water partition coefficient (Wildman–Crippen LogP) is 6.58. The van der Waals surface area contributed by atoms with Gasteiger partial charge in [0.1, 0.15) is 10.00 Å². The van der Waals surface area contributed by atoms with E-state index < -0.39 is 23.5 Å². The lowest BCUT2D eigenvalue weighted by molar-refractivity contribution is -0.142. The molecule has 0 saturated heterocycles. The molecule has 12 heteroatoms. The van der Waals surface area contributed by atoms with E-state index in [2.05, 4.69) is 17.2 Å². The minimum Gasteiger partial charge on any atom is -0.466 e. The first-order valence-electron chi connectivity index (χ1n) is 9.99. The maximum atomic E-state index is 12.5. The largest absolute Gasteiger partial charge is 0.466 e. The zero-order valence-electron chi connectivity index (χ0n) is 18.5. The highest BCUT2D eigenvalue weighted by atomic mass is 32.1. The number of alkyl halides is 6. The van der Waals surface area contributed by atoms with Crippen molar-refractivity contribution in [3.8, 4) is 10.6 Å². The first-order chi connectivity index (χ1) is 16.2. The highest BCUT2D eigenvalue weighted by Crippen LogP contribution is 2.33. The molecular formula is C23H20F6N2O2S2. The van der Waals surface area contributed by atoms with Gasteiger partial charge in [0.2, 0.25) is 0 Å². The predicted molar refractivity (Wildman–Crippen MR) is 125 cm³/mol. The van der Waals surface area contributed by atoms with Crippen LogP contribution in [0.15, 0.2) is 48.5 Å². The maximum absolute atomic E-state index is 12.5. The number of aryl methyl sites for hydroxylation is 1. The fourth-order valence-corrected chi connectivity index (χ4v) is 3.76. The zero-order chi connectivity index (χ0) is 26.4. The van der Waals surface area contributed by atoms with Crippen LogP contribution in [0.3, 0.4) is 0 Å². The molecule has 0 radical (unpaired) electrons. The fourth-order valence-electron chi connectivity index (χ4n) is 2.69. The van der Waals surface area contributed by atoms with Crippen molar-refractivity contribution in [2.24, 2.45) is 5.73 Å². The molecule has 0 aliphatic rings. The van der Waals surface area contributed by atoms with Crippen LogP contribution in [0, 0.1) is 6.92 Å².